The Morgan fingerprint density at radius 1 is 1.14 bits per heavy atom. The summed E-state index contributed by atoms with van der Waals surface area (Å²) in [5.74, 6) is 1.74. The Labute approximate surface area is 139 Å². The Bertz CT molecular complexity index is 493. The molecule has 22 heavy (non-hydrogen) atoms. The minimum absolute atomic E-state index is 0.514. The predicted molar refractivity (Wildman–Crippen MR) is 95.1 cm³/mol. The molecule has 1 heterocycles. The van der Waals surface area contributed by atoms with Crippen LogP contribution in [0.4, 0.5) is 5.82 Å². The molecule has 2 N–H and O–H groups in total. The van der Waals surface area contributed by atoms with Crippen molar-refractivity contribution in [2.24, 2.45) is 5.92 Å². The molecule has 0 radical (unpaired) electrons. The van der Waals surface area contributed by atoms with Crippen molar-refractivity contribution < 1.29 is 0 Å². The molecule has 2 aliphatic rings. The number of nitrogens with one attached hydrogen (secondary N) is 2. The highest BCUT2D eigenvalue weighted by Crippen LogP contribution is 2.30. The third-order valence-corrected chi connectivity index (χ3v) is 5.48. The largest absolute Gasteiger partial charge is 0.359 e. The maximum Gasteiger partial charge on any atom is 0.172 e. The van der Waals surface area contributed by atoms with E-state index in [9.17, 15) is 0 Å². The van der Waals surface area contributed by atoms with Crippen molar-refractivity contribution in [3.8, 4) is 0 Å². The zero-order chi connectivity index (χ0) is 15.4. The molecule has 122 valence electrons. The number of aromatic nitrogens is 2. The van der Waals surface area contributed by atoms with E-state index >= 15 is 0 Å². The zero-order valence-corrected chi connectivity index (χ0v) is 14.4. The molecule has 0 saturated heterocycles. The molecule has 0 bridgehead atoms. The number of thiocarbonyl (C=S) groups is 1. The van der Waals surface area contributed by atoms with Gasteiger partial charge in [0.1, 0.15) is 5.82 Å². The van der Waals surface area contributed by atoms with Gasteiger partial charge in [-0.05, 0) is 43.8 Å². The molecule has 2 atom stereocenters. The van der Waals surface area contributed by atoms with Gasteiger partial charge in [0.2, 0.25) is 0 Å². The van der Waals surface area contributed by atoms with Crippen molar-refractivity contribution in [3.63, 3.8) is 0 Å². The van der Waals surface area contributed by atoms with Gasteiger partial charge in [-0.25, -0.2) is 4.68 Å². The number of nitrogens with zero attached hydrogens (tertiary/aromatic N) is 2. The fourth-order valence-electron chi connectivity index (χ4n) is 3.88. The van der Waals surface area contributed by atoms with Gasteiger partial charge in [-0.3, -0.25) is 0 Å². The van der Waals surface area contributed by atoms with Gasteiger partial charge in [0.15, 0.2) is 5.11 Å². The molecule has 0 aromatic carbocycles. The maximum atomic E-state index is 5.53. The van der Waals surface area contributed by atoms with Crippen LogP contribution in [0.5, 0.6) is 0 Å². The lowest BCUT2D eigenvalue weighted by Gasteiger charge is -2.31. The van der Waals surface area contributed by atoms with Crippen molar-refractivity contribution in [1.29, 1.82) is 0 Å². The van der Waals surface area contributed by atoms with Crippen LogP contribution >= 0.6 is 12.2 Å². The molecule has 5 heteroatoms. The summed E-state index contributed by atoms with van der Waals surface area (Å²) < 4.78 is 2.14. The van der Waals surface area contributed by atoms with Crippen molar-refractivity contribution in [3.05, 3.63) is 12.3 Å². The normalized spacial score (nSPS) is 26.6. The summed E-state index contributed by atoms with van der Waals surface area (Å²) in [7, 11) is 0. The third kappa shape index (κ3) is 3.80. The van der Waals surface area contributed by atoms with Gasteiger partial charge in [-0.1, -0.05) is 39.0 Å². The van der Waals surface area contributed by atoms with Gasteiger partial charge in [-0.15, -0.1) is 0 Å². The molecule has 0 amide bonds. The van der Waals surface area contributed by atoms with Gasteiger partial charge in [0, 0.05) is 12.1 Å². The summed E-state index contributed by atoms with van der Waals surface area (Å²) in [5, 5.41) is 12.2. The van der Waals surface area contributed by atoms with Crippen molar-refractivity contribution in [2.45, 2.75) is 76.8 Å². The highest BCUT2D eigenvalue weighted by atomic mass is 32.1. The van der Waals surface area contributed by atoms with Crippen LogP contribution in [-0.4, -0.2) is 20.9 Å². The second kappa shape index (κ2) is 7.44. The Kier molecular flexibility index (Phi) is 5.34. The lowest BCUT2D eigenvalue weighted by atomic mass is 9.86. The summed E-state index contributed by atoms with van der Waals surface area (Å²) in [6.45, 7) is 2.33. The van der Waals surface area contributed by atoms with Crippen LogP contribution in [0.2, 0.25) is 0 Å². The number of rotatable bonds is 3. The molecule has 1 aromatic rings. The standard InChI is InChI=1S/C17H28N4S/c1-13-7-5-6-10-15(13)19-17(22)20-16-11-12-18-21(16)14-8-3-2-4-9-14/h11-15H,2-10H2,1H3,(H2,19,20,22)/t13-,15-/m1/s1. The topological polar surface area (TPSA) is 41.9 Å². The Balaban J connectivity index is 1.58. The maximum absolute atomic E-state index is 5.53. The Morgan fingerprint density at radius 3 is 2.64 bits per heavy atom. The first-order valence-electron chi connectivity index (χ1n) is 8.85. The summed E-state index contributed by atoms with van der Waals surface area (Å²) in [6, 6.07) is 3.08. The molecule has 0 aliphatic heterocycles. The molecule has 3 rings (SSSR count). The Morgan fingerprint density at radius 2 is 1.86 bits per heavy atom. The van der Waals surface area contributed by atoms with Gasteiger partial charge < -0.3 is 10.6 Å². The molecule has 0 spiro atoms. The van der Waals surface area contributed by atoms with Gasteiger partial charge >= 0.3 is 0 Å². The minimum Gasteiger partial charge on any atom is -0.359 e. The van der Waals surface area contributed by atoms with Crippen LogP contribution in [-0.2, 0) is 0 Å². The fourth-order valence-corrected chi connectivity index (χ4v) is 4.14. The van der Waals surface area contributed by atoms with Gasteiger partial charge in [0.05, 0.1) is 12.2 Å². The van der Waals surface area contributed by atoms with E-state index in [1.807, 2.05) is 12.3 Å². The Hall–Kier alpha value is -1.10. The quantitative estimate of drug-likeness (QED) is 0.817. The molecule has 2 saturated carbocycles. The van der Waals surface area contributed by atoms with E-state index in [0.717, 1.165) is 10.9 Å². The first-order valence-corrected chi connectivity index (χ1v) is 9.26. The average molecular weight is 321 g/mol. The highest BCUT2D eigenvalue weighted by molar-refractivity contribution is 7.80. The van der Waals surface area contributed by atoms with E-state index in [1.54, 1.807) is 0 Å². The zero-order valence-electron chi connectivity index (χ0n) is 13.6. The first-order chi connectivity index (χ1) is 10.7. The van der Waals surface area contributed by atoms with Crippen LogP contribution in [0.1, 0.15) is 70.8 Å². The van der Waals surface area contributed by atoms with Crippen LogP contribution in [0.25, 0.3) is 0 Å². The van der Waals surface area contributed by atoms with Gasteiger partial charge in [0.25, 0.3) is 0 Å². The van der Waals surface area contributed by atoms with Crippen LogP contribution in [0.3, 0.4) is 0 Å². The summed E-state index contributed by atoms with van der Waals surface area (Å²) in [4.78, 5) is 0. The number of hydrogen-bond acceptors (Lipinski definition) is 2. The predicted octanol–water partition coefficient (Wildman–Crippen LogP) is 4.25. The summed E-state index contributed by atoms with van der Waals surface area (Å²) in [5.41, 5.74) is 0. The fraction of sp³-hybridized carbons (Fsp3) is 0.765. The first kappa shape index (κ1) is 15.8. The summed E-state index contributed by atoms with van der Waals surface area (Å²) in [6.07, 6.45) is 13.5. The highest BCUT2D eigenvalue weighted by Gasteiger charge is 2.23. The molecule has 0 unspecified atom stereocenters. The molecule has 2 aliphatic carbocycles. The molecule has 1 aromatic heterocycles. The monoisotopic (exact) mass is 320 g/mol. The SMILES string of the molecule is C[C@@H]1CCCC[C@H]1NC(=S)Nc1ccnn1C1CCCCC1. The van der Waals surface area contributed by atoms with Crippen LogP contribution in [0.15, 0.2) is 12.3 Å². The second-order valence-electron chi connectivity index (χ2n) is 6.92. The second-order valence-corrected chi connectivity index (χ2v) is 7.33. The third-order valence-electron chi connectivity index (χ3n) is 5.26. The molecule has 4 nitrogen and oxygen atoms in total. The van der Waals surface area contributed by atoms with E-state index in [4.69, 9.17) is 12.2 Å². The van der Waals surface area contributed by atoms with Crippen molar-refractivity contribution in [2.75, 3.05) is 5.32 Å². The van der Waals surface area contributed by atoms with Crippen molar-refractivity contribution in [1.82, 2.24) is 15.1 Å². The molecule has 2 fully saturated rings. The molecular formula is C17H28N4S. The lowest BCUT2D eigenvalue weighted by molar-refractivity contribution is 0.309. The van der Waals surface area contributed by atoms with E-state index < -0.39 is 0 Å². The number of anilines is 1. The number of hydrogen-bond donors (Lipinski definition) is 2. The van der Waals surface area contributed by atoms with E-state index in [0.29, 0.717) is 18.0 Å². The minimum atomic E-state index is 0.514. The smallest absolute Gasteiger partial charge is 0.172 e. The van der Waals surface area contributed by atoms with E-state index in [2.05, 4.69) is 27.3 Å². The van der Waals surface area contributed by atoms with Crippen LogP contribution < -0.4 is 10.6 Å². The van der Waals surface area contributed by atoms with Gasteiger partial charge in [-0.2, -0.15) is 5.10 Å². The lowest BCUT2D eigenvalue weighted by Crippen LogP contribution is -2.43. The van der Waals surface area contributed by atoms with Crippen molar-refractivity contribution >= 4 is 23.1 Å². The van der Waals surface area contributed by atoms with E-state index in [1.165, 1.54) is 57.8 Å². The summed E-state index contributed by atoms with van der Waals surface area (Å²) >= 11 is 5.53. The average Bonchev–Trinajstić information content (AvgIpc) is 2.98. The van der Waals surface area contributed by atoms with E-state index in [-0.39, 0.29) is 0 Å². The van der Waals surface area contributed by atoms with Crippen LogP contribution in [0, 0.1) is 5.92 Å². The molecular weight excluding hydrogens is 292 g/mol.